The van der Waals surface area contributed by atoms with Gasteiger partial charge in [-0.3, -0.25) is 0 Å². The van der Waals surface area contributed by atoms with Crippen LogP contribution in [0.4, 0.5) is 26.3 Å². The molecule has 0 fully saturated rings. The van der Waals surface area contributed by atoms with Gasteiger partial charge >= 0.3 is 12.4 Å². The number of hydrogen-bond acceptors (Lipinski definition) is 3. The Morgan fingerprint density at radius 2 is 1.89 bits per heavy atom. The van der Waals surface area contributed by atoms with E-state index in [0.29, 0.717) is 16.2 Å². The standard InChI is InChI=1S/C18H15F6NS2/c1-26-15-9-27-16(25-15)13-7-4-11(8-14(13)18(22,23)24)10-2-5-12(6-3-10)17(19,20)21/h2,4,7-9,12H,3,5-6H2,1H3. The van der Waals surface area contributed by atoms with Crippen LogP contribution < -0.4 is 0 Å². The summed E-state index contributed by atoms with van der Waals surface area (Å²) in [6.07, 6.45) is -5.87. The van der Waals surface area contributed by atoms with E-state index in [1.165, 1.54) is 30.0 Å². The Kier molecular flexibility index (Phi) is 5.63. The molecule has 0 amide bonds. The molecule has 0 bridgehead atoms. The number of rotatable bonds is 3. The monoisotopic (exact) mass is 423 g/mol. The van der Waals surface area contributed by atoms with Gasteiger partial charge in [0.25, 0.3) is 0 Å². The van der Waals surface area contributed by atoms with Crippen molar-refractivity contribution in [1.29, 1.82) is 0 Å². The smallest absolute Gasteiger partial charge is 0.230 e. The molecule has 0 saturated carbocycles. The van der Waals surface area contributed by atoms with Gasteiger partial charge in [-0.2, -0.15) is 26.3 Å². The van der Waals surface area contributed by atoms with E-state index in [0.717, 1.165) is 17.4 Å². The quantitative estimate of drug-likeness (QED) is 0.380. The molecule has 2 aromatic rings. The molecule has 3 rings (SSSR count). The largest absolute Gasteiger partial charge is 0.417 e. The first-order valence-electron chi connectivity index (χ1n) is 8.07. The minimum atomic E-state index is -4.58. The third-order valence-corrected chi connectivity index (χ3v) is 6.14. The molecule has 0 N–H and O–H groups in total. The molecule has 1 aromatic carbocycles. The summed E-state index contributed by atoms with van der Waals surface area (Å²) in [7, 11) is 0. The van der Waals surface area contributed by atoms with Crippen molar-refractivity contribution in [3.8, 4) is 10.6 Å². The number of alkyl halides is 6. The third-order valence-electron chi connectivity index (χ3n) is 4.49. The van der Waals surface area contributed by atoms with E-state index >= 15 is 0 Å². The van der Waals surface area contributed by atoms with Crippen LogP contribution in [-0.2, 0) is 6.18 Å². The molecule has 1 atom stereocenters. The second-order valence-electron chi connectivity index (χ2n) is 6.20. The minimum absolute atomic E-state index is 0.0128. The number of aromatic nitrogens is 1. The van der Waals surface area contributed by atoms with Crippen LogP contribution in [0.5, 0.6) is 0 Å². The van der Waals surface area contributed by atoms with Gasteiger partial charge in [-0.1, -0.05) is 18.2 Å². The molecule has 0 saturated heterocycles. The fourth-order valence-corrected chi connectivity index (χ4v) is 4.53. The van der Waals surface area contributed by atoms with E-state index in [4.69, 9.17) is 0 Å². The average molecular weight is 423 g/mol. The van der Waals surface area contributed by atoms with E-state index < -0.39 is 23.8 Å². The molecule has 1 aromatic heterocycles. The molecule has 1 heterocycles. The first-order chi connectivity index (χ1) is 12.6. The van der Waals surface area contributed by atoms with Crippen molar-refractivity contribution in [2.24, 2.45) is 5.92 Å². The molecular weight excluding hydrogens is 408 g/mol. The minimum Gasteiger partial charge on any atom is -0.230 e. The Morgan fingerprint density at radius 1 is 1.15 bits per heavy atom. The zero-order valence-electron chi connectivity index (χ0n) is 14.1. The van der Waals surface area contributed by atoms with Crippen molar-refractivity contribution in [2.45, 2.75) is 36.6 Å². The lowest BCUT2D eigenvalue weighted by atomic mass is 9.85. The fourth-order valence-electron chi connectivity index (χ4n) is 3.04. The second kappa shape index (κ2) is 7.50. The highest BCUT2D eigenvalue weighted by Gasteiger charge is 2.40. The normalized spacial score (nSPS) is 18.5. The van der Waals surface area contributed by atoms with Crippen molar-refractivity contribution in [3.63, 3.8) is 0 Å². The fraction of sp³-hybridized carbons (Fsp3) is 0.389. The SMILES string of the molecule is CSc1csc(-c2ccc(C3=CCC(C(F)(F)F)CC3)cc2C(F)(F)F)n1. The lowest BCUT2D eigenvalue weighted by Crippen LogP contribution is -2.24. The Labute approximate surface area is 160 Å². The number of thiazole rings is 1. The predicted octanol–water partition coefficient (Wildman–Crippen LogP) is 7.30. The summed E-state index contributed by atoms with van der Waals surface area (Å²) < 4.78 is 79.1. The number of thioether (sulfide) groups is 1. The number of allylic oxidation sites excluding steroid dienone is 2. The van der Waals surface area contributed by atoms with Crippen LogP contribution >= 0.6 is 23.1 Å². The Hall–Kier alpha value is -1.48. The lowest BCUT2D eigenvalue weighted by Gasteiger charge is -2.24. The molecule has 146 valence electrons. The number of benzene rings is 1. The van der Waals surface area contributed by atoms with Gasteiger partial charge in [0.15, 0.2) is 0 Å². The average Bonchev–Trinajstić information content (AvgIpc) is 3.09. The number of hydrogen-bond donors (Lipinski definition) is 0. The summed E-state index contributed by atoms with van der Waals surface area (Å²) in [6.45, 7) is 0. The summed E-state index contributed by atoms with van der Waals surface area (Å²) in [5, 5.41) is 2.60. The van der Waals surface area contributed by atoms with Crippen molar-refractivity contribution < 1.29 is 26.3 Å². The maximum Gasteiger partial charge on any atom is 0.417 e. The van der Waals surface area contributed by atoms with Crippen molar-refractivity contribution in [1.82, 2.24) is 4.98 Å². The molecule has 1 aliphatic carbocycles. The molecule has 0 aliphatic heterocycles. The molecule has 9 heteroatoms. The van der Waals surface area contributed by atoms with Crippen molar-refractivity contribution in [3.05, 3.63) is 40.8 Å². The van der Waals surface area contributed by atoms with Crippen LogP contribution in [0.3, 0.4) is 0 Å². The topological polar surface area (TPSA) is 12.9 Å². The highest BCUT2D eigenvalue weighted by Crippen LogP contribution is 2.43. The molecule has 1 nitrogen and oxygen atoms in total. The van der Waals surface area contributed by atoms with Crippen LogP contribution in [0.1, 0.15) is 30.4 Å². The third kappa shape index (κ3) is 4.51. The van der Waals surface area contributed by atoms with Gasteiger partial charge in [-0.05, 0) is 42.7 Å². The number of halogens is 6. The highest BCUT2D eigenvalue weighted by atomic mass is 32.2. The van der Waals surface area contributed by atoms with Crippen molar-refractivity contribution >= 4 is 28.7 Å². The van der Waals surface area contributed by atoms with Crippen LogP contribution in [0.15, 0.2) is 34.7 Å². The maximum absolute atomic E-state index is 13.6. The van der Waals surface area contributed by atoms with E-state index in [-0.39, 0.29) is 29.8 Å². The summed E-state index contributed by atoms with van der Waals surface area (Å²) in [5.74, 6) is -1.43. The Morgan fingerprint density at radius 3 is 2.41 bits per heavy atom. The van der Waals surface area contributed by atoms with Gasteiger partial charge in [-0.15, -0.1) is 23.1 Å². The first-order valence-corrected chi connectivity index (χ1v) is 10.2. The van der Waals surface area contributed by atoms with Gasteiger partial charge in [0, 0.05) is 10.9 Å². The molecule has 0 radical (unpaired) electrons. The summed E-state index contributed by atoms with van der Waals surface area (Å²) in [5.41, 5.74) is 0.00631. The molecule has 27 heavy (non-hydrogen) atoms. The summed E-state index contributed by atoms with van der Waals surface area (Å²) >= 11 is 2.47. The zero-order valence-corrected chi connectivity index (χ0v) is 15.7. The predicted molar refractivity (Wildman–Crippen MR) is 95.7 cm³/mol. The lowest BCUT2D eigenvalue weighted by molar-refractivity contribution is -0.175. The second-order valence-corrected chi connectivity index (χ2v) is 7.88. The molecular formula is C18H15F6NS2. The molecule has 0 spiro atoms. The van der Waals surface area contributed by atoms with Crippen LogP contribution in [-0.4, -0.2) is 17.4 Å². The van der Waals surface area contributed by atoms with E-state index in [2.05, 4.69) is 4.98 Å². The summed E-state index contributed by atoms with van der Waals surface area (Å²) in [6, 6.07) is 3.91. The van der Waals surface area contributed by atoms with Gasteiger partial charge in [0.05, 0.1) is 11.5 Å². The van der Waals surface area contributed by atoms with E-state index in [1.807, 2.05) is 0 Å². The van der Waals surface area contributed by atoms with Gasteiger partial charge in [-0.25, -0.2) is 4.98 Å². The van der Waals surface area contributed by atoms with Crippen LogP contribution in [0.2, 0.25) is 0 Å². The zero-order chi connectivity index (χ0) is 19.8. The summed E-state index contributed by atoms with van der Waals surface area (Å²) in [4.78, 5) is 4.19. The van der Waals surface area contributed by atoms with Crippen LogP contribution in [0, 0.1) is 5.92 Å². The Balaban J connectivity index is 1.96. The van der Waals surface area contributed by atoms with E-state index in [9.17, 15) is 26.3 Å². The van der Waals surface area contributed by atoms with E-state index in [1.54, 1.807) is 11.6 Å². The van der Waals surface area contributed by atoms with Gasteiger partial charge in [0.2, 0.25) is 0 Å². The maximum atomic E-state index is 13.6. The Bertz CT molecular complexity index is 850. The first kappa shape index (κ1) is 20.3. The molecule has 1 unspecified atom stereocenters. The van der Waals surface area contributed by atoms with Crippen molar-refractivity contribution in [2.75, 3.05) is 6.26 Å². The molecule has 1 aliphatic rings. The number of nitrogens with zero attached hydrogens (tertiary/aromatic N) is 1. The highest BCUT2D eigenvalue weighted by molar-refractivity contribution is 7.98. The van der Waals surface area contributed by atoms with Crippen LogP contribution in [0.25, 0.3) is 16.1 Å². The van der Waals surface area contributed by atoms with Gasteiger partial charge < -0.3 is 0 Å². The van der Waals surface area contributed by atoms with Gasteiger partial charge in [0.1, 0.15) is 10.0 Å².